The molecule has 0 bridgehead atoms. The van der Waals surface area contributed by atoms with Gasteiger partial charge in [0.15, 0.2) is 11.5 Å². The van der Waals surface area contributed by atoms with Gasteiger partial charge >= 0.3 is 5.97 Å². The van der Waals surface area contributed by atoms with E-state index in [4.69, 9.17) is 15.2 Å². The lowest BCUT2D eigenvalue weighted by Crippen LogP contribution is -2.07. The van der Waals surface area contributed by atoms with Gasteiger partial charge in [0.25, 0.3) is 0 Å². The summed E-state index contributed by atoms with van der Waals surface area (Å²) in [5.74, 6) is 1.18. The lowest BCUT2D eigenvalue weighted by atomic mass is 9.98. The summed E-state index contributed by atoms with van der Waals surface area (Å²) in [5.41, 5.74) is 10.7. The predicted molar refractivity (Wildman–Crippen MR) is 121 cm³/mol. The molecule has 0 spiro atoms. The molecule has 0 saturated carbocycles. The highest BCUT2D eigenvalue weighted by Crippen LogP contribution is 2.40. The lowest BCUT2D eigenvalue weighted by Gasteiger charge is -2.18. The van der Waals surface area contributed by atoms with Gasteiger partial charge < -0.3 is 15.2 Å². The fraction of sp³-hybridized carbons (Fsp3) is 0.154. The van der Waals surface area contributed by atoms with E-state index in [9.17, 15) is 4.79 Å². The van der Waals surface area contributed by atoms with Crippen molar-refractivity contribution < 1.29 is 14.3 Å². The molecule has 1 atom stereocenters. The fourth-order valence-corrected chi connectivity index (χ4v) is 4.18. The monoisotopic (exact) mass is 410 g/mol. The number of hydrogen-bond acceptors (Lipinski definition) is 5. The first-order valence-electron chi connectivity index (χ1n) is 10.3. The summed E-state index contributed by atoms with van der Waals surface area (Å²) in [5, 5.41) is 2.02. The molecule has 1 aliphatic rings. The number of nitrogens with zero attached hydrogens (tertiary/aromatic N) is 1. The van der Waals surface area contributed by atoms with Crippen LogP contribution in [0.25, 0.3) is 21.9 Å². The molecule has 31 heavy (non-hydrogen) atoms. The minimum Gasteiger partial charge on any atom is -0.482 e. The Kier molecular flexibility index (Phi) is 4.79. The Balaban J connectivity index is 1.48. The standard InChI is InChI=1S/C26H22N2O3/c1-16(29)30-24-4-2-3-5-25(24)31-23-11-10-17-6-8-19(14-21(17)23)20-9-7-18-12-13-28-26(27)22(18)15-20/h2-9,12-15,23H,10-11H2,1H3,(H2,27,28). The zero-order valence-electron chi connectivity index (χ0n) is 17.2. The Morgan fingerprint density at radius 1 is 1.00 bits per heavy atom. The van der Waals surface area contributed by atoms with Gasteiger partial charge in [0.05, 0.1) is 0 Å². The van der Waals surface area contributed by atoms with Crippen LogP contribution < -0.4 is 15.2 Å². The molecule has 0 saturated heterocycles. The Morgan fingerprint density at radius 2 is 1.77 bits per heavy atom. The normalized spacial score (nSPS) is 14.9. The third kappa shape index (κ3) is 3.70. The molecule has 2 N–H and O–H groups in total. The van der Waals surface area contributed by atoms with Crippen LogP contribution in [0, 0.1) is 0 Å². The van der Waals surface area contributed by atoms with Crippen molar-refractivity contribution in [1.29, 1.82) is 0 Å². The van der Waals surface area contributed by atoms with Crippen molar-refractivity contribution in [1.82, 2.24) is 4.98 Å². The van der Waals surface area contributed by atoms with Crippen LogP contribution >= 0.6 is 0 Å². The topological polar surface area (TPSA) is 74.4 Å². The summed E-state index contributed by atoms with van der Waals surface area (Å²) in [6.45, 7) is 1.39. The molecule has 4 aromatic rings. The van der Waals surface area contributed by atoms with E-state index in [0.29, 0.717) is 17.3 Å². The Labute approximate surface area is 180 Å². The second-order valence-electron chi connectivity index (χ2n) is 7.73. The first-order chi connectivity index (χ1) is 15.1. The third-order valence-electron chi connectivity index (χ3n) is 5.67. The van der Waals surface area contributed by atoms with Gasteiger partial charge in [-0.15, -0.1) is 0 Å². The maximum atomic E-state index is 11.4. The highest BCUT2D eigenvalue weighted by Gasteiger charge is 2.26. The zero-order chi connectivity index (χ0) is 21.4. The van der Waals surface area contributed by atoms with Crippen LogP contribution in [0.3, 0.4) is 0 Å². The summed E-state index contributed by atoms with van der Waals surface area (Å²) in [4.78, 5) is 15.6. The second kappa shape index (κ2) is 7.76. The van der Waals surface area contributed by atoms with E-state index in [1.165, 1.54) is 12.5 Å². The van der Waals surface area contributed by atoms with E-state index < -0.39 is 0 Å². The first-order valence-corrected chi connectivity index (χ1v) is 10.3. The van der Waals surface area contributed by atoms with Gasteiger partial charge in [-0.05, 0) is 70.8 Å². The number of ether oxygens (including phenoxy) is 2. The summed E-state index contributed by atoms with van der Waals surface area (Å²) >= 11 is 0. The number of fused-ring (bicyclic) bond motifs is 2. The summed E-state index contributed by atoms with van der Waals surface area (Å²) < 4.78 is 11.6. The van der Waals surface area contributed by atoms with Gasteiger partial charge in [-0.1, -0.05) is 36.4 Å². The van der Waals surface area contributed by atoms with E-state index in [2.05, 4.69) is 41.4 Å². The van der Waals surface area contributed by atoms with Gasteiger partial charge in [-0.3, -0.25) is 4.79 Å². The maximum absolute atomic E-state index is 11.4. The number of carbonyl (C=O) groups excluding carboxylic acids is 1. The number of nitrogens with two attached hydrogens (primary N) is 1. The van der Waals surface area contributed by atoms with Gasteiger partial charge in [0.1, 0.15) is 11.9 Å². The van der Waals surface area contributed by atoms with E-state index in [0.717, 1.165) is 40.3 Å². The molecule has 154 valence electrons. The van der Waals surface area contributed by atoms with E-state index in [1.54, 1.807) is 12.3 Å². The van der Waals surface area contributed by atoms with Crippen molar-refractivity contribution >= 4 is 22.6 Å². The van der Waals surface area contributed by atoms with Gasteiger partial charge in [0.2, 0.25) is 0 Å². The van der Waals surface area contributed by atoms with Gasteiger partial charge in [-0.25, -0.2) is 4.98 Å². The lowest BCUT2D eigenvalue weighted by molar-refractivity contribution is -0.132. The van der Waals surface area contributed by atoms with Crippen molar-refractivity contribution in [3.05, 3.63) is 84.1 Å². The largest absolute Gasteiger partial charge is 0.482 e. The number of esters is 1. The summed E-state index contributed by atoms with van der Waals surface area (Å²) in [6, 6.07) is 22.0. The number of hydrogen-bond donors (Lipinski definition) is 1. The molecule has 5 heteroatoms. The summed E-state index contributed by atoms with van der Waals surface area (Å²) in [6.07, 6.45) is 3.45. The Bertz CT molecular complexity index is 1300. The predicted octanol–water partition coefficient (Wildman–Crippen LogP) is 5.48. The number of aryl methyl sites for hydroxylation is 1. The molecule has 0 aliphatic heterocycles. The van der Waals surface area contributed by atoms with Crippen molar-refractivity contribution in [3.63, 3.8) is 0 Å². The fourth-order valence-electron chi connectivity index (χ4n) is 4.18. The third-order valence-corrected chi connectivity index (χ3v) is 5.67. The number of rotatable bonds is 4. The molecular weight excluding hydrogens is 388 g/mol. The van der Waals surface area contributed by atoms with E-state index in [-0.39, 0.29) is 12.1 Å². The van der Waals surface area contributed by atoms with Gasteiger partial charge in [-0.2, -0.15) is 0 Å². The molecule has 5 rings (SSSR count). The van der Waals surface area contributed by atoms with E-state index >= 15 is 0 Å². The molecule has 1 aromatic heterocycles. The van der Waals surface area contributed by atoms with E-state index in [1.807, 2.05) is 24.3 Å². The molecule has 1 heterocycles. The maximum Gasteiger partial charge on any atom is 0.308 e. The number of pyridine rings is 1. The number of anilines is 1. The number of benzene rings is 3. The molecular formula is C26H22N2O3. The quantitative estimate of drug-likeness (QED) is 0.356. The van der Waals surface area contributed by atoms with Crippen LogP contribution in [-0.4, -0.2) is 11.0 Å². The van der Waals surface area contributed by atoms with Crippen LogP contribution in [0.1, 0.15) is 30.6 Å². The van der Waals surface area contributed by atoms with Crippen LogP contribution in [0.4, 0.5) is 5.82 Å². The number of carbonyl (C=O) groups is 1. The first kappa shape index (κ1) is 19.1. The number of para-hydroxylation sites is 2. The Hall–Kier alpha value is -3.86. The van der Waals surface area contributed by atoms with Crippen LogP contribution in [0.2, 0.25) is 0 Å². The van der Waals surface area contributed by atoms with Gasteiger partial charge in [0, 0.05) is 18.5 Å². The number of nitrogen functional groups attached to an aromatic ring is 1. The number of aromatic nitrogens is 1. The SMILES string of the molecule is CC(=O)Oc1ccccc1OC1CCc2ccc(-c3ccc4ccnc(N)c4c3)cc21. The summed E-state index contributed by atoms with van der Waals surface area (Å²) in [7, 11) is 0. The van der Waals surface area contributed by atoms with Crippen molar-refractivity contribution in [3.8, 4) is 22.6 Å². The minimum atomic E-state index is -0.366. The Morgan fingerprint density at radius 3 is 2.61 bits per heavy atom. The second-order valence-corrected chi connectivity index (χ2v) is 7.73. The minimum absolute atomic E-state index is 0.0983. The van der Waals surface area contributed by atoms with Crippen molar-refractivity contribution in [2.24, 2.45) is 0 Å². The van der Waals surface area contributed by atoms with Crippen molar-refractivity contribution in [2.75, 3.05) is 5.73 Å². The van der Waals surface area contributed by atoms with Crippen LogP contribution in [0.15, 0.2) is 72.9 Å². The molecule has 5 nitrogen and oxygen atoms in total. The van der Waals surface area contributed by atoms with Crippen molar-refractivity contribution in [2.45, 2.75) is 25.9 Å². The molecule has 1 unspecified atom stereocenters. The highest BCUT2D eigenvalue weighted by molar-refractivity contribution is 5.94. The molecule has 3 aromatic carbocycles. The molecule has 1 aliphatic carbocycles. The zero-order valence-corrected chi connectivity index (χ0v) is 17.2. The van der Waals surface area contributed by atoms with Crippen LogP contribution in [-0.2, 0) is 11.2 Å². The molecule has 0 amide bonds. The van der Waals surface area contributed by atoms with Crippen LogP contribution in [0.5, 0.6) is 11.5 Å². The molecule has 0 radical (unpaired) electrons. The molecule has 0 fully saturated rings. The smallest absolute Gasteiger partial charge is 0.308 e. The average molecular weight is 410 g/mol. The average Bonchev–Trinajstić information content (AvgIpc) is 3.17. The highest BCUT2D eigenvalue weighted by atomic mass is 16.6.